The molecule has 1 fully saturated rings. The molecule has 1 aliphatic heterocycles. The summed E-state index contributed by atoms with van der Waals surface area (Å²) in [4.78, 5) is 36.5. The van der Waals surface area contributed by atoms with E-state index in [-0.39, 0.29) is 22.7 Å². The number of methoxy groups -OCH3 is 1. The van der Waals surface area contributed by atoms with Gasteiger partial charge in [0.15, 0.2) is 9.84 Å². The fourth-order valence-corrected chi connectivity index (χ4v) is 3.37. The standard InChI is InChI=1S/C16H20N2O7S/c1-25-15(21)11-6-12(8-13(7-11)26(2,23)24)17-16(22)18-5-3-4-10(9-18)14(19)20/h6-8,10H,3-5,9H2,1-2H3,(H,17,22)(H,19,20). The number of amides is 2. The highest BCUT2D eigenvalue weighted by atomic mass is 32.2. The number of aliphatic carboxylic acids is 1. The maximum atomic E-state index is 12.4. The van der Waals surface area contributed by atoms with Gasteiger partial charge in [-0.15, -0.1) is 0 Å². The van der Waals surface area contributed by atoms with Crippen molar-refractivity contribution in [2.24, 2.45) is 5.92 Å². The fourth-order valence-electron chi connectivity index (χ4n) is 2.69. The summed E-state index contributed by atoms with van der Waals surface area (Å²) in [5.74, 6) is -2.34. The van der Waals surface area contributed by atoms with E-state index >= 15 is 0 Å². The maximum Gasteiger partial charge on any atom is 0.337 e. The third-order valence-corrected chi connectivity index (χ3v) is 5.16. The summed E-state index contributed by atoms with van der Waals surface area (Å²) in [6, 6.07) is 3.14. The molecule has 1 atom stereocenters. The Hall–Kier alpha value is -2.62. The molecule has 10 heteroatoms. The first kappa shape index (κ1) is 19.7. The average molecular weight is 384 g/mol. The molecule has 9 nitrogen and oxygen atoms in total. The van der Waals surface area contributed by atoms with Crippen LogP contribution in [0.15, 0.2) is 23.1 Å². The zero-order chi connectivity index (χ0) is 19.5. The molecule has 1 heterocycles. The van der Waals surface area contributed by atoms with Gasteiger partial charge in [-0.05, 0) is 31.0 Å². The average Bonchev–Trinajstić information content (AvgIpc) is 2.60. The highest BCUT2D eigenvalue weighted by Crippen LogP contribution is 2.22. The number of nitrogens with zero attached hydrogens (tertiary/aromatic N) is 1. The highest BCUT2D eigenvalue weighted by molar-refractivity contribution is 7.90. The Morgan fingerprint density at radius 3 is 2.54 bits per heavy atom. The van der Waals surface area contributed by atoms with Crippen LogP contribution in [0.2, 0.25) is 0 Å². The lowest BCUT2D eigenvalue weighted by Gasteiger charge is -2.30. The van der Waals surface area contributed by atoms with Crippen LogP contribution in [-0.2, 0) is 19.4 Å². The first-order chi connectivity index (χ1) is 12.1. The molecule has 0 saturated carbocycles. The predicted molar refractivity (Wildman–Crippen MR) is 91.8 cm³/mol. The third kappa shape index (κ3) is 4.72. The van der Waals surface area contributed by atoms with Crippen molar-refractivity contribution in [3.05, 3.63) is 23.8 Å². The Bertz CT molecular complexity index is 835. The number of carbonyl (C=O) groups is 3. The van der Waals surface area contributed by atoms with E-state index < -0.39 is 33.7 Å². The maximum absolute atomic E-state index is 12.4. The van der Waals surface area contributed by atoms with Crippen LogP contribution in [-0.4, -0.2) is 62.8 Å². The number of hydrogen-bond acceptors (Lipinski definition) is 6. The van der Waals surface area contributed by atoms with Crippen molar-refractivity contribution in [2.75, 3.05) is 31.8 Å². The molecule has 1 aliphatic rings. The topological polar surface area (TPSA) is 130 Å². The van der Waals surface area contributed by atoms with Crippen molar-refractivity contribution >= 4 is 33.5 Å². The number of likely N-dealkylation sites (tertiary alicyclic amines) is 1. The lowest BCUT2D eigenvalue weighted by molar-refractivity contribution is -0.143. The number of rotatable bonds is 4. The smallest absolute Gasteiger partial charge is 0.337 e. The van der Waals surface area contributed by atoms with E-state index in [1.165, 1.54) is 17.0 Å². The number of sulfone groups is 1. The predicted octanol–water partition coefficient (Wildman–Crippen LogP) is 1.21. The van der Waals surface area contributed by atoms with E-state index in [1.54, 1.807) is 0 Å². The molecular weight excluding hydrogens is 364 g/mol. The number of carbonyl (C=O) groups excluding carboxylic acids is 2. The van der Waals surface area contributed by atoms with E-state index in [1.807, 2.05) is 0 Å². The fraction of sp³-hybridized carbons (Fsp3) is 0.438. The van der Waals surface area contributed by atoms with Gasteiger partial charge in [0, 0.05) is 25.0 Å². The van der Waals surface area contributed by atoms with Gasteiger partial charge in [0.05, 0.1) is 23.5 Å². The van der Waals surface area contributed by atoms with Gasteiger partial charge in [-0.2, -0.15) is 0 Å². The molecule has 1 unspecified atom stereocenters. The van der Waals surface area contributed by atoms with Gasteiger partial charge in [-0.3, -0.25) is 4.79 Å². The van der Waals surface area contributed by atoms with E-state index in [2.05, 4.69) is 10.1 Å². The van der Waals surface area contributed by atoms with Crippen LogP contribution in [0.1, 0.15) is 23.2 Å². The summed E-state index contributed by atoms with van der Waals surface area (Å²) < 4.78 is 28.2. The zero-order valence-corrected chi connectivity index (χ0v) is 15.2. The summed E-state index contributed by atoms with van der Waals surface area (Å²) in [5, 5.41) is 11.6. The van der Waals surface area contributed by atoms with Gasteiger partial charge in [-0.1, -0.05) is 0 Å². The van der Waals surface area contributed by atoms with Crippen molar-refractivity contribution in [3.8, 4) is 0 Å². The van der Waals surface area contributed by atoms with E-state index in [0.29, 0.717) is 19.4 Å². The molecule has 0 aromatic heterocycles. The number of benzene rings is 1. The molecule has 1 aromatic carbocycles. The van der Waals surface area contributed by atoms with Gasteiger partial charge in [0.1, 0.15) is 0 Å². The molecule has 142 valence electrons. The number of anilines is 1. The monoisotopic (exact) mass is 384 g/mol. The highest BCUT2D eigenvalue weighted by Gasteiger charge is 2.28. The number of ether oxygens (including phenoxy) is 1. The summed E-state index contributed by atoms with van der Waals surface area (Å²) in [7, 11) is -2.46. The number of nitrogens with one attached hydrogen (secondary N) is 1. The van der Waals surface area contributed by atoms with Crippen LogP contribution in [0.5, 0.6) is 0 Å². The zero-order valence-electron chi connectivity index (χ0n) is 14.4. The van der Waals surface area contributed by atoms with Crippen molar-refractivity contribution < 1.29 is 32.6 Å². The van der Waals surface area contributed by atoms with Crippen LogP contribution in [0, 0.1) is 5.92 Å². The van der Waals surface area contributed by atoms with Gasteiger partial charge < -0.3 is 20.1 Å². The quantitative estimate of drug-likeness (QED) is 0.746. The molecule has 1 aromatic rings. The Morgan fingerprint density at radius 1 is 1.27 bits per heavy atom. The van der Waals surface area contributed by atoms with Crippen LogP contribution >= 0.6 is 0 Å². The second-order valence-corrected chi connectivity index (χ2v) is 8.08. The molecule has 2 amide bonds. The van der Waals surface area contributed by atoms with Gasteiger partial charge in [-0.25, -0.2) is 18.0 Å². The van der Waals surface area contributed by atoms with E-state index in [9.17, 15) is 22.8 Å². The summed E-state index contributed by atoms with van der Waals surface area (Å²) in [6.07, 6.45) is 2.04. The van der Waals surface area contributed by atoms with Gasteiger partial charge in [0.2, 0.25) is 0 Å². The number of hydrogen-bond donors (Lipinski definition) is 2. The van der Waals surface area contributed by atoms with Crippen LogP contribution in [0.3, 0.4) is 0 Å². The molecule has 0 bridgehead atoms. The largest absolute Gasteiger partial charge is 0.481 e. The minimum atomic E-state index is -3.62. The lowest BCUT2D eigenvalue weighted by atomic mass is 9.99. The van der Waals surface area contributed by atoms with Crippen LogP contribution in [0.25, 0.3) is 0 Å². The van der Waals surface area contributed by atoms with Crippen molar-refractivity contribution in [3.63, 3.8) is 0 Å². The molecule has 0 radical (unpaired) electrons. The molecular formula is C16H20N2O7S. The summed E-state index contributed by atoms with van der Waals surface area (Å²) in [6.45, 7) is 0.460. The molecule has 2 N–H and O–H groups in total. The van der Waals surface area contributed by atoms with Crippen molar-refractivity contribution in [1.29, 1.82) is 0 Å². The molecule has 26 heavy (non-hydrogen) atoms. The number of piperidine rings is 1. The van der Waals surface area contributed by atoms with Crippen molar-refractivity contribution in [1.82, 2.24) is 4.90 Å². The van der Waals surface area contributed by atoms with E-state index in [4.69, 9.17) is 5.11 Å². The second kappa shape index (κ2) is 7.73. The van der Waals surface area contributed by atoms with Crippen molar-refractivity contribution in [2.45, 2.75) is 17.7 Å². The lowest BCUT2D eigenvalue weighted by Crippen LogP contribution is -2.44. The normalized spacial score (nSPS) is 17.5. The number of esters is 1. The minimum absolute atomic E-state index is 0.0206. The molecule has 2 rings (SSSR count). The van der Waals surface area contributed by atoms with Crippen LogP contribution < -0.4 is 5.32 Å². The first-order valence-electron chi connectivity index (χ1n) is 7.84. The Kier molecular flexibility index (Phi) is 5.86. The van der Waals surface area contributed by atoms with Gasteiger partial charge >= 0.3 is 18.0 Å². The van der Waals surface area contributed by atoms with Crippen LogP contribution in [0.4, 0.5) is 10.5 Å². The molecule has 0 spiro atoms. The Labute approximate surface area is 150 Å². The number of carboxylic acid groups (broad SMARTS) is 1. The molecule has 1 saturated heterocycles. The first-order valence-corrected chi connectivity index (χ1v) is 9.73. The number of urea groups is 1. The Balaban J connectivity index is 2.26. The number of carboxylic acids is 1. The van der Waals surface area contributed by atoms with E-state index in [0.717, 1.165) is 19.4 Å². The third-order valence-electron chi connectivity index (χ3n) is 4.06. The summed E-state index contributed by atoms with van der Waals surface area (Å²) >= 11 is 0. The minimum Gasteiger partial charge on any atom is -0.481 e. The summed E-state index contributed by atoms with van der Waals surface area (Å²) in [5.41, 5.74) is 0.0866. The van der Waals surface area contributed by atoms with Gasteiger partial charge in [0.25, 0.3) is 0 Å². The second-order valence-electron chi connectivity index (χ2n) is 6.06. The SMILES string of the molecule is COC(=O)c1cc(NC(=O)N2CCCC(C(=O)O)C2)cc(S(C)(=O)=O)c1. The Morgan fingerprint density at radius 2 is 1.96 bits per heavy atom. The molecule has 0 aliphatic carbocycles.